The lowest BCUT2D eigenvalue weighted by molar-refractivity contribution is -0.148. The third-order valence-electron chi connectivity index (χ3n) is 3.79. The molecule has 4 atom stereocenters. The highest BCUT2D eigenvalue weighted by molar-refractivity contribution is 7.80. The number of carboxylic acids is 3. The fourth-order valence-electron chi connectivity index (χ4n) is 2.17. The van der Waals surface area contributed by atoms with Crippen molar-refractivity contribution in [3.05, 3.63) is 0 Å². The van der Waals surface area contributed by atoms with E-state index in [9.17, 15) is 28.8 Å². The predicted octanol–water partition coefficient (Wildman–Crippen LogP) is -2.61. The fourth-order valence-corrected chi connectivity index (χ4v) is 2.34. The van der Waals surface area contributed by atoms with Gasteiger partial charge in [0.05, 0.1) is 18.9 Å². The van der Waals surface area contributed by atoms with E-state index in [0.29, 0.717) is 0 Å². The van der Waals surface area contributed by atoms with Gasteiger partial charge in [0.15, 0.2) is 0 Å². The van der Waals surface area contributed by atoms with Crippen LogP contribution in [0.15, 0.2) is 0 Å². The van der Waals surface area contributed by atoms with Gasteiger partial charge in [0.1, 0.15) is 18.1 Å². The molecule has 0 aliphatic carbocycles. The minimum absolute atomic E-state index is 0.00245. The highest BCUT2D eigenvalue weighted by Gasteiger charge is 2.33. The van der Waals surface area contributed by atoms with Gasteiger partial charge in [-0.3, -0.25) is 24.0 Å². The van der Waals surface area contributed by atoms with Crippen molar-refractivity contribution in [2.75, 3.05) is 5.75 Å². The summed E-state index contributed by atoms with van der Waals surface area (Å²) < 4.78 is 0. The second kappa shape index (κ2) is 12.6. The molecule has 170 valence electrons. The Labute approximate surface area is 177 Å². The van der Waals surface area contributed by atoms with Crippen molar-refractivity contribution in [2.45, 2.75) is 50.9 Å². The topological polar surface area (TPSA) is 225 Å². The maximum Gasteiger partial charge on any atom is 0.326 e. The maximum atomic E-state index is 12.6. The van der Waals surface area contributed by atoms with Crippen molar-refractivity contribution < 1.29 is 44.1 Å². The highest BCUT2D eigenvalue weighted by atomic mass is 32.1. The zero-order chi connectivity index (χ0) is 23.6. The number of rotatable bonds is 13. The Morgan fingerprint density at radius 3 is 1.67 bits per heavy atom. The molecule has 3 amide bonds. The third kappa shape index (κ3) is 9.56. The lowest BCUT2D eigenvalue weighted by atomic mass is 10.0. The van der Waals surface area contributed by atoms with Gasteiger partial charge in [0.25, 0.3) is 0 Å². The van der Waals surface area contributed by atoms with Gasteiger partial charge in [-0.25, -0.2) is 4.79 Å². The molecule has 14 heteroatoms. The Bertz CT molecular complexity index is 686. The van der Waals surface area contributed by atoms with Crippen LogP contribution in [0.1, 0.15) is 26.7 Å². The zero-order valence-electron chi connectivity index (χ0n) is 16.3. The number of thiol groups is 1. The normalized spacial score (nSPS) is 14.7. The number of hydrogen-bond acceptors (Lipinski definition) is 8. The zero-order valence-corrected chi connectivity index (χ0v) is 17.2. The molecule has 0 aromatic carbocycles. The number of nitrogens with one attached hydrogen (secondary N) is 3. The predicted molar refractivity (Wildman–Crippen MR) is 105 cm³/mol. The minimum Gasteiger partial charge on any atom is -0.481 e. The van der Waals surface area contributed by atoms with Gasteiger partial charge >= 0.3 is 17.9 Å². The van der Waals surface area contributed by atoms with Crippen LogP contribution in [-0.4, -0.2) is 80.9 Å². The van der Waals surface area contributed by atoms with Crippen LogP contribution < -0.4 is 21.7 Å². The van der Waals surface area contributed by atoms with Gasteiger partial charge in [-0.05, 0) is 5.92 Å². The van der Waals surface area contributed by atoms with Crippen LogP contribution in [0.2, 0.25) is 0 Å². The van der Waals surface area contributed by atoms with Gasteiger partial charge in [0, 0.05) is 5.75 Å². The molecule has 0 rings (SSSR count). The first kappa shape index (κ1) is 27.1. The van der Waals surface area contributed by atoms with Crippen LogP contribution >= 0.6 is 12.6 Å². The van der Waals surface area contributed by atoms with Crippen LogP contribution in [0.4, 0.5) is 0 Å². The van der Waals surface area contributed by atoms with E-state index < -0.39 is 78.6 Å². The lowest BCUT2D eigenvalue weighted by Gasteiger charge is -2.26. The summed E-state index contributed by atoms with van der Waals surface area (Å²) in [5, 5.41) is 33.1. The van der Waals surface area contributed by atoms with E-state index in [4.69, 9.17) is 21.1 Å². The van der Waals surface area contributed by atoms with Crippen molar-refractivity contribution in [3.63, 3.8) is 0 Å². The summed E-state index contributed by atoms with van der Waals surface area (Å²) in [7, 11) is 0. The van der Waals surface area contributed by atoms with E-state index >= 15 is 0 Å². The number of amides is 3. The van der Waals surface area contributed by atoms with Crippen LogP contribution in [0.5, 0.6) is 0 Å². The summed E-state index contributed by atoms with van der Waals surface area (Å²) in [6, 6.07) is -5.74. The number of aliphatic carboxylic acids is 3. The Morgan fingerprint density at radius 2 is 1.27 bits per heavy atom. The Kier molecular flexibility index (Phi) is 11.4. The largest absolute Gasteiger partial charge is 0.481 e. The Morgan fingerprint density at radius 1 is 0.800 bits per heavy atom. The van der Waals surface area contributed by atoms with E-state index in [2.05, 4.69) is 23.3 Å². The first-order valence-electron chi connectivity index (χ1n) is 8.74. The van der Waals surface area contributed by atoms with Crippen LogP contribution in [-0.2, 0) is 28.8 Å². The molecular weight excluding hydrogens is 424 g/mol. The standard InChI is InChI=1S/C16H26N4O9S/c1-6(2)12(20-13(25)7(17)5-30)15(27)18-8(3-10(21)22)14(26)19-9(16(28)29)4-11(23)24/h6-9,12,30H,3-5,17H2,1-2H3,(H,18,27)(H,19,26)(H,20,25)(H,21,22)(H,23,24)(H,28,29). The molecule has 8 N–H and O–H groups in total. The fraction of sp³-hybridized carbons (Fsp3) is 0.625. The van der Waals surface area contributed by atoms with Gasteiger partial charge in [-0.1, -0.05) is 13.8 Å². The van der Waals surface area contributed by atoms with E-state index in [1.165, 1.54) is 0 Å². The van der Waals surface area contributed by atoms with E-state index in [-0.39, 0.29) is 5.75 Å². The number of nitrogens with two attached hydrogens (primary N) is 1. The van der Waals surface area contributed by atoms with E-state index in [1.54, 1.807) is 13.8 Å². The molecule has 4 unspecified atom stereocenters. The quantitative estimate of drug-likeness (QED) is 0.136. The summed E-state index contributed by atoms with van der Waals surface area (Å²) in [5.74, 6) is -7.93. The lowest BCUT2D eigenvalue weighted by Crippen LogP contribution is -2.59. The van der Waals surface area contributed by atoms with Gasteiger partial charge in [-0.15, -0.1) is 0 Å². The highest BCUT2D eigenvalue weighted by Crippen LogP contribution is 2.05. The van der Waals surface area contributed by atoms with Crippen molar-refractivity contribution in [1.29, 1.82) is 0 Å². The maximum absolute atomic E-state index is 12.6. The number of carbonyl (C=O) groups is 6. The molecule has 0 aromatic heterocycles. The monoisotopic (exact) mass is 450 g/mol. The summed E-state index contributed by atoms with van der Waals surface area (Å²) in [6.07, 6.45) is -1.87. The first-order valence-corrected chi connectivity index (χ1v) is 9.37. The summed E-state index contributed by atoms with van der Waals surface area (Å²) >= 11 is 3.88. The molecule has 0 fully saturated rings. The molecule has 0 heterocycles. The molecule has 30 heavy (non-hydrogen) atoms. The Balaban J connectivity index is 5.45. The average Bonchev–Trinajstić information content (AvgIpc) is 2.62. The molecule has 0 bridgehead atoms. The van der Waals surface area contributed by atoms with E-state index in [1.807, 2.05) is 5.32 Å². The number of hydrogen-bond donors (Lipinski definition) is 8. The molecule has 0 saturated carbocycles. The SMILES string of the molecule is CC(C)C(NC(=O)C(N)CS)C(=O)NC(CC(=O)O)C(=O)NC(CC(=O)O)C(=O)O. The molecule has 0 saturated heterocycles. The summed E-state index contributed by atoms with van der Waals surface area (Å²) in [5.41, 5.74) is 5.54. The summed E-state index contributed by atoms with van der Waals surface area (Å²) in [6.45, 7) is 3.16. The summed E-state index contributed by atoms with van der Waals surface area (Å²) in [4.78, 5) is 69.7. The number of carbonyl (C=O) groups excluding carboxylic acids is 3. The van der Waals surface area contributed by atoms with Crippen LogP contribution in [0, 0.1) is 5.92 Å². The molecule has 0 aromatic rings. The van der Waals surface area contributed by atoms with Crippen molar-refractivity contribution in [3.8, 4) is 0 Å². The second-order valence-corrected chi connectivity index (χ2v) is 7.04. The van der Waals surface area contributed by atoms with Gasteiger partial charge in [0.2, 0.25) is 17.7 Å². The van der Waals surface area contributed by atoms with Gasteiger partial charge < -0.3 is 37.0 Å². The second-order valence-electron chi connectivity index (χ2n) is 6.68. The van der Waals surface area contributed by atoms with Gasteiger partial charge in [-0.2, -0.15) is 12.6 Å². The third-order valence-corrected chi connectivity index (χ3v) is 4.18. The first-order chi connectivity index (χ1) is 13.8. The molecular formula is C16H26N4O9S. The number of carboxylic acid groups (broad SMARTS) is 3. The van der Waals surface area contributed by atoms with Crippen LogP contribution in [0.25, 0.3) is 0 Å². The molecule has 0 radical (unpaired) electrons. The van der Waals surface area contributed by atoms with Crippen LogP contribution in [0.3, 0.4) is 0 Å². The molecule has 0 aliphatic heterocycles. The van der Waals surface area contributed by atoms with Crippen molar-refractivity contribution in [1.82, 2.24) is 16.0 Å². The van der Waals surface area contributed by atoms with E-state index in [0.717, 1.165) is 0 Å². The smallest absolute Gasteiger partial charge is 0.326 e. The van der Waals surface area contributed by atoms with Crippen molar-refractivity contribution in [2.24, 2.45) is 11.7 Å². The molecule has 13 nitrogen and oxygen atoms in total. The average molecular weight is 450 g/mol. The minimum atomic E-state index is -1.84. The van der Waals surface area contributed by atoms with Crippen molar-refractivity contribution >= 4 is 48.3 Å². The molecule has 0 aliphatic rings. The molecule has 0 spiro atoms. The Hall–Kier alpha value is -2.87.